The van der Waals surface area contributed by atoms with Crippen molar-refractivity contribution in [3.63, 3.8) is 0 Å². The van der Waals surface area contributed by atoms with E-state index in [-0.39, 0.29) is 18.1 Å². The number of nitrogens with zero attached hydrogens (tertiary/aromatic N) is 1. The van der Waals surface area contributed by atoms with Gasteiger partial charge in [0.1, 0.15) is 0 Å². The SMILES string of the molecule is O=C1NCCC[C@@H]1N1CCC[C@H](O)C1. The van der Waals surface area contributed by atoms with Crippen LogP contribution in [0.25, 0.3) is 0 Å². The molecule has 80 valence electrons. The van der Waals surface area contributed by atoms with Crippen molar-refractivity contribution in [2.45, 2.75) is 37.8 Å². The van der Waals surface area contributed by atoms with E-state index >= 15 is 0 Å². The highest BCUT2D eigenvalue weighted by Crippen LogP contribution is 2.17. The van der Waals surface area contributed by atoms with Crippen LogP contribution < -0.4 is 5.32 Å². The number of carbonyl (C=O) groups excluding carboxylic acids is 1. The number of hydrogen-bond donors (Lipinski definition) is 2. The fourth-order valence-corrected chi connectivity index (χ4v) is 2.37. The van der Waals surface area contributed by atoms with E-state index in [2.05, 4.69) is 10.2 Å². The maximum atomic E-state index is 11.6. The third-order valence-corrected chi connectivity index (χ3v) is 3.12. The van der Waals surface area contributed by atoms with Crippen molar-refractivity contribution < 1.29 is 9.90 Å². The van der Waals surface area contributed by atoms with Gasteiger partial charge in [-0.2, -0.15) is 0 Å². The second kappa shape index (κ2) is 4.28. The highest BCUT2D eigenvalue weighted by molar-refractivity contribution is 5.82. The summed E-state index contributed by atoms with van der Waals surface area (Å²) in [6.45, 7) is 2.43. The molecule has 0 aliphatic carbocycles. The molecule has 0 bridgehead atoms. The predicted octanol–water partition coefficient (Wildman–Crippen LogP) is -0.278. The number of hydrogen-bond acceptors (Lipinski definition) is 3. The number of nitrogens with one attached hydrogen (secondary N) is 1. The van der Waals surface area contributed by atoms with E-state index in [1.165, 1.54) is 0 Å². The Bertz CT molecular complexity index is 220. The van der Waals surface area contributed by atoms with Gasteiger partial charge < -0.3 is 10.4 Å². The minimum atomic E-state index is -0.238. The van der Waals surface area contributed by atoms with Crippen molar-refractivity contribution in [3.8, 4) is 0 Å². The smallest absolute Gasteiger partial charge is 0.237 e. The molecule has 0 aromatic heterocycles. The van der Waals surface area contributed by atoms with Gasteiger partial charge in [0, 0.05) is 13.1 Å². The molecule has 2 aliphatic heterocycles. The lowest BCUT2D eigenvalue weighted by atomic mass is 10.0. The Balaban J connectivity index is 1.94. The molecular weight excluding hydrogens is 180 g/mol. The molecule has 0 aromatic rings. The van der Waals surface area contributed by atoms with Crippen molar-refractivity contribution in [2.24, 2.45) is 0 Å². The standard InChI is InChI=1S/C10H18N2O2/c13-8-3-2-6-12(7-8)9-4-1-5-11-10(9)14/h8-9,13H,1-7H2,(H,11,14)/t8-,9-/m0/s1. The average Bonchev–Trinajstić information content (AvgIpc) is 2.18. The summed E-state index contributed by atoms with van der Waals surface area (Å²) in [6.07, 6.45) is 3.65. The summed E-state index contributed by atoms with van der Waals surface area (Å²) < 4.78 is 0. The van der Waals surface area contributed by atoms with E-state index in [1.807, 2.05) is 0 Å². The van der Waals surface area contributed by atoms with E-state index in [0.29, 0.717) is 6.54 Å². The number of likely N-dealkylation sites (tertiary alicyclic amines) is 1. The van der Waals surface area contributed by atoms with Crippen LogP contribution in [0.2, 0.25) is 0 Å². The van der Waals surface area contributed by atoms with Gasteiger partial charge in [-0.25, -0.2) is 0 Å². The van der Waals surface area contributed by atoms with Crippen LogP contribution in [0.4, 0.5) is 0 Å². The number of carbonyl (C=O) groups is 1. The van der Waals surface area contributed by atoms with Gasteiger partial charge in [-0.05, 0) is 32.2 Å². The van der Waals surface area contributed by atoms with Crippen LogP contribution in [0, 0.1) is 0 Å². The normalized spacial score (nSPS) is 35.4. The maximum Gasteiger partial charge on any atom is 0.237 e. The molecule has 0 aromatic carbocycles. The van der Waals surface area contributed by atoms with Crippen LogP contribution in [-0.2, 0) is 4.79 Å². The zero-order valence-electron chi connectivity index (χ0n) is 8.41. The summed E-state index contributed by atoms with van der Waals surface area (Å²) in [5, 5.41) is 12.4. The molecular formula is C10H18N2O2. The van der Waals surface area contributed by atoms with Gasteiger partial charge in [0.05, 0.1) is 12.1 Å². The van der Waals surface area contributed by atoms with E-state index < -0.39 is 0 Å². The van der Waals surface area contributed by atoms with Crippen LogP contribution in [0.15, 0.2) is 0 Å². The molecule has 2 atom stereocenters. The second-order valence-electron chi connectivity index (χ2n) is 4.24. The van der Waals surface area contributed by atoms with Gasteiger partial charge in [-0.1, -0.05) is 0 Å². The summed E-state index contributed by atoms with van der Waals surface area (Å²) in [5.74, 6) is 0.144. The largest absolute Gasteiger partial charge is 0.392 e. The van der Waals surface area contributed by atoms with E-state index in [1.54, 1.807) is 0 Å². The van der Waals surface area contributed by atoms with Crippen molar-refractivity contribution in [1.82, 2.24) is 10.2 Å². The van der Waals surface area contributed by atoms with Gasteiger partial charge >= 0.3 is 0 Å². The van der Waals surface area contributed by atoms with Crippen LogP contribution in [0.3, 0.4) is 0 Å². The summed E-state index contributed by atoms with van der Waals surface area (Å²) in [7, 11) is 0. The quantitative estimate of drug-likeness (QED) is 0.609. The number of rotatable bonds is 1. The monoisotopic (exact) mass is 198 g/mol. The first-order valence-corrected chi connectivity index (χ1v) is 5.47. The van der Waals surface area contributed by atoms with Crippen molar-refractivity contribution in [3.05, 3.63) is 0 Å². The Morgan fingerprint density at radius 1 is 1.36 bits per heavy atom. The van der Waals surface area contributed by atoms with Crippen molar-refractivity contribution in [1.29, 1.82) is 0 Å². The molecule has 0 saturated carbocycles. The Hall–Kier alpha value is -0.610. The average molecular weight is 198 g/mol. The van der Waals surface area contributed by atoms with Gasteiger partial charge in [0.25, 0.3) is 0 Å². The number of β-amino-alcohol motifs (C(OH)–C–C–N with tert-alkyl or cyclic N) is 1. The molecule has 2 rings (SSSR count). The van der Waals surface area contributed by atoms with Gasteiger partial charge in [0.15, 0.2) is 0 Å². The Labute approximate surface area is 84.3 Å². The molecule has 4 nitrogen and oxygen atoms in total. The van der Waals surface area contributed by atoms with Gasteiger partial charge in [-0.15, -0.1) is 0 Å². The lowest BCUT2D eigenvalue weighted by molar-refractivity contribution is -0.129. The van der Waals surface area contributed by atoms with Crippen molar-refractivity contribution >= 4 is 5.91 Å². The Morgan fingerprint density at radius 2 is 2.21 bits per heavy atom. The Kier molecular flexibility index (Phi) is 3.03. The molecule has 1 amide bonds. The van der Waals surface area contributed by atoms with Crippen LogP contribution in [0.5, 0.6) is 0 Å². The summed E-state index contributed by atoms with van der Waals surface area (Å²) in [4.78, 5) is 13.7. The lowest BCUT2D eigenvalue weighted by Crippen LogP contribution is -2.54. The molecule has 2 saturated heterocycles. The summed E-state index contributed by atoms with van der Waals surface area (Å²) in [5.41, 5.74) is 0. The maximum absolute atomic E-state index is 11.6. The lowest BCUT2D eigenvalue weighted by Gasteiger charge is -2.37. The molecule has 2 fully saturated rings. The molecule has 4 heteroatoms. The predicted molar refractivity (Wildman–Crippen MR) is 52.8 cm³/mol. The van der Waals surface area contributed by atoms with Crippen LogP contribution in [0.1, 0.15) is 25.7 Å². The van der Waals surface area contributed by atoms with Gasteiger partial charge in [0.2, 0.25) is 5.91 Å². The topological polar surface area (TPSA) is 52.6 Å². The highest BCUT2D eigenvalue weighted by Gasteiger charge is 2.31. The van der Waals surface area contributed by atoms with E-state index in [9.17, 15) is 9.90 Å². The van der Waals surface area contributed by atoms with Crippen molar-refractivity contribution in [2.75, 3.05) is 19.6 Å². The number of aliphatic hydroxyl groups excluding tert-OH is 1. The molecule has 2 N–H and O–H groups in total. The molecule has 2 heterocycles. The fraction of sp³-hybridized carbons (Fsp3) is 0.900. The first-order chi connectivity index (χ1) is 6.77. The molecule has 0 spiro atoms. The third kappa shape index (κ3) is 2.07. The third-order valence-electron chi connectivity index (χ3n) is 3.12. The van der Waals surface area contributed by atoms with Gasteiger partial charge in [-0.3, -0.25) is 9.69 Å². The minimum Gasteiger partial charge on any atom is -0.392 e. The zero-order valence-corrected chi connectivity index (χ0v) is 8.41. The molecule has 0 radical (unpaired) electrons. The first kappa shape index (κ1) is 9.93. The van der Waals surface area contributed by atoms with E-state index in [0.717, 1.165) is 38.8 Å². The van der Waals surface area contributed by atoms with Crippen LogP contribution in [-0.4, -0.2) is 47.7 Å². The zero-order chi connectivity index (χ0) is 9.97. The first-order valence-electron chi connectivity index (χ1n) is 5.47. The fourth-order valence-electron chi connectivity index (χ4n) is 2.37. The summed E-state index contributed by atoms with van der Waals surface area (Å²) in [6, 6.07) is 0.0127. The Morgan fingerprint density at radius 3 is 2.93 bits per heavy atom. The summed E-state index contributed by atoms with van der Waals surface area (Å²) >= 11 is 0. The molecule has 2 aliphatic rings. The number of amides is 1. The number of aliphatic hydroxyl groups is 1. The molecule has 14 heavy (non-hydrogen) atoms. The second-order valence-corrected chi connectivity index (χ2v) is 4.24. The van der Waals surface area contributed by atoms with E-state index in [4.69, 9.17) is 0 Å². The molecule has 0 unspecified atom stereocenters. The highest BCUT2D eigenvalue weighted by atomic mass is 16.3. The minimum absolute atomic E-state index is 0.0127. The van der Waals surface area contributed by atoms with Crippen LogP contribution >= 0.6 is 0 Å². The number of piperidine rings is 2.